The summed E-state index contributed by atoms with van der Waals surface area (Å²) in [5, 5.41) is 0. The molecule has 2 aromatic rings. The summed E-state index contributed by atoms with van der Waals surface area (Å²) in [6.07, 6.45) is 5.94. The molecule has 3 heteroatoms. The van der Waals surface area contributed by atoms with Gasteiger partial charge in [0.15, 0.2) is 0 Å². The van der Waals surface area contributed by atoms with E-state index in [9.17, 15) is 0 Å². The molecule has 0 fully saturated rings. The Morgan fingerprint density at radius 2 is 1.46 bits per heavy atom. The fourth-order valence-corrected chi connectivity index (χ4v) is 3.92. The molecule has 0 radical (unpaired) electrons. The minimum atomic E-state index is 0. The van der Waals surface area contributed by atoms with Crippen molar-refractivity contribution in [2.75, 3.05) is 0 Å². The fraction of sp³-hybridized carbons (Fsp3) is 0.304. The number of allylic oxidation sites excluding steroid dienone is 4. The number of hydrogen-bond acceptors (Lipinski definition) is 0. The molecule has 4 rings (SSSR count). The Morgan fingerprint density at radius 3 is 2.12 bits per heavy atom. The second-order valence-corrected chi connectivity index (χ2v) is 7.93. The Hall–Kier alpha value is -0.617. The first-order chi connectivity index (χ1) is 10.9. The SMILES string of the molecule is CC1C=C(C(C)(C)C)C=C1c1cccc2c1Cc1ccccc1-2.[Cl-].[Cl-].[Zr+2]. The zero-order valence-electron chi connectivity index (χ0n) is 15.7. The van der Waals surface area contributed by atoms with E-state index in [1.807, 2.05) is 0 Å². The average Bonchev–Trinajstić information content (AvgIpc) is 3.07. The van der Waals surface area contributed by atoms with E-state index in [0.29, 0.717) is 5.92 Å². The van der Waals surface area contributed by atoms with Crippen molar-refractivity contribution in [2.45, 2.75) is 34.1 Å². The van der Waals surface area contributed by atoms with Crippen molar-refractivity contribution in [3.8, 4) is 11.1 Å². The van der Waals surface area contributed by atoms with E-state index >= 15 is 0 Å². The fourth-order valence-electron chi connectivity index (χ4n) is 3.92. The first-order valence-electron chi connectivity index (χ1n) is 8.59. The Balaban J connectivity index is 0.00000113. The van der Waals surface area contributed by atoms with Crippen LogP contribution in [-0.2, 0) is 32.6 Å². The summed E-state index contributed by atoms with van der Waals surface area (Å²) in [6, 6.07) is 15.6. The van der Waals surface area contributed by atoms with E-state index in [2.05, 4.69) is 82.3 Å². The molecular formula is C23H24Cl2Zr. The van der Waals surface area contributed by atoms with Crippen LogP contribution in [0.1, 0.15) is 44.4 Å². The normalized spacial score (nSPS) is 17.0. The summed E-state index contributed by atoms with van der Waals surface area (Å²) in [5.41, 5.74) is 10.4. The quantitative estimate of drug-likeness (QED) is 0.487. The maximum absolute atomic E-state index is 2.44. The molecule has 0 nitrogen and oxygen atoms in total. The smallest absolute Gasteiger partial charge is 1.00 e. The Kier molecular flexibility index (Phi) is 7.74. The number of halogens is 2. The van der Waals surface area contributed by atoms with Crippen molar-refractivity contribution >= 4 is 5.57 Å². The van der Waals surface area contributed by atoms with Gasteiger partial charge in [0.2, 0.25) is 0 Å². The zero-order valence-corrected chi connectivity index (χ0v) is 19.7. The van der Waals surface area contributed by atoms with Crippen LogP contribution in [0.25, 0.3) is 16.7 Å². The maximum atomic E-state index is 2.44. The third-order valence-electron chi connectivity index (χ3n) is 5.26. The molecule has 2 aliphatic carbocycles. The molecule has 0 N–H and O–H groups in total. The van der Waals surface area contributed by atoms with Crippen LogP contribution in [0.3, 0.4) is 0 Å². The molecule has 134 valence electrons. The standard InChI is InChI=1S/C23H24.2ClH.Zr/c1-15-12-17(23(2,3)4)14-21(15)20-11-7-10-19-18-9-6-5-8-16(18)13-22(19)20;;;/h5-12,14-15H,13H2,1-4H3;2*1H;/q;;;+2/p-2. The van der Waals surface area contributed by atoms with Crippen molar-refractivity contribution in [1.29, 1.82) is 0 Å². The van der Waals surface area contributed by atoms with Gasteiger partial charge < -0.3 is 24.8 Å². The summed E-state index contributed by atoms with van der Waals surface area (Å²) in [6.45, 7) is 9.23. The second-order valence-electron chi connectivity index (χ2n) is 7.93. The third kappa shape index (κ3) is 3.96. The first kappa shape index (κ1) is 23.4. The molecule has 0 saturated carbocycles. The van der Waals surface area contributed by atoms with Gasteiger partial charge in [-0.2, -0.15) is 0 Å². The monoisotopic (exact) mass is 460 g/mol. The van der Waals surface area contributed by atoms with Crippen LogP contribution in [0.5, 0.6) is 0 Å². The van der Waals surface area contributed by atoms with Gasteiger partial charge in [0.05, 0.1) is 0 Å². The number of benzene rings is 2. The molecule has 0 spiro atoms. The Bertz CT molecular complexity index is 857. The van der Waals surface area contributed by atoms with Gasteiger partial charge in [-0.1, -0.05) is 82.3 Å². The molecule has 1 unspecified atom stereocenters. The van der Waals surface area contributed by atoms with Crippen molar-refractivity contribution in [3.63, 3.8) is 0 Å². The van der Waals surface area contributed by atoms with E-state index in [0.717, 1.165) is 6.42 Å². The molecule has 2 aromatic carbocycles. The van der Waals surface area contributed by atoms with E-state index < -0.39 is 0 Å². The predicted molar refractivity (Wildman–Crippen MR) is 99.4 cm³/mol. The number of rotatable bonds is 1. The summed E-state index contributed by atoms with van der Waals surface area (Å²) in [5.74, 6) is 0.499. The summed E-state index contributed by atoms with van der Waals surface area (Å²) in [4.78, 5) is 0. The Morgan fingerprint density at radius 1 is 0.846 bits per heavy atom. The van der Waals surface area contributed by atoms with Gasteiger partial charge in [0.25, 0.3) is 0 Å². The number of hydrogen-bond donors (Lipinski definition) is 0. The Labute approximate surface area is 189 Å². The van der Waals surface area contributed by atoms with E-state index in [4.69, 9.17) is 0 Å². The van der Waals surface area contributed by atoms with Crippen LogP contribution in [-0.4, -0.2) is 0 Å². The molecule has 0 bridgehead atoms. The van der Waals surface area contributed by atoms with Crippen LogP contribution in [0.4, 0.5) is 0 Å². The van der Waals surface area contributed by atoms with Gasteiger partial charge in [0, 0.05) is 5.92 Å². The largest absolute Gasteiger partial charge is 2.00 e. The first-order valence-corrected chi connectivity index (χ1v) is 8.59. The summed E-state index contributed by atoms with van der Waals surface area (Å²) < 4.78 is 0. The molecule has 2 aliphatic rings. The van der Waals surface area contributed by atoms with Crippen LogP contribution in [0.15, 0.2) is 60.2 Å². The van der Waals surface area contributed by atoms with Crippen LogP contribution >= 0.6 is 0 Å². The summed E-state index contributed by atoms with van der Waals surface area (Å²) >= 11 is 0. The molecule has 0 aromatic heterocycles. The van der Waals surface area contributed by atoms with Crippen LogP contribution in [0, 0.1) is 11.3 Å². The van der Waals surface area contributed by atoms with Gasteiger partial charge in [-0.3, -0.25) is 0 Å². The zero-order chi connectivity index (χ0) is 16.2. The molecule has 0 amide bonds. The van der Waals surface area contributed by atoms with Crippen molar-refractivity contribution in [1.82, 2.24) is 0 Å². The molecule has 1 atom stereocenters. The van der Waals surface area contributed by atoms with Gasteiger partial charge in [-0.25, -0.2) is 0 Å². The molecule has 0 saturated heterocycles. The van der Waals surface area contributed by atoms with E-state index in [-0.39, 0.29) is 56.4 Å². The predicted octanol–water partition coefficient (Wildman–Crippen LogP) is 0.269. The molecule has 0 heterocycles. The van der Waals surface area contributed by atoms with Crippen LogP contribution < -0.4 is 24.8 Å². The number of fused-ring (bicyclic) bond motifs is 3. The van der Waals surface area contributed by atoms with E-state index in [1.54, 1.807) is 0 Å². The van der Waals surface area contributed by atoms with Gasteiger partial charge in [0.1, 0.15) is 0 Å². The molecule has 0 aliphatic heterocycles. The molecular weight excluding hydrogens is 438 g/mol. The average molecular weight is 463 g/mol. The maximum Gasteiger partial charge on any atom is 2.00 e. The minimum absolute atomic E-state index is 0. The topological polar surface area (TPSA) is 0 Å². The van der Waals surface area contributed by atoms with Gasteiger partial charge in [-0.15, -0.1) is 0 Å². The van der Waals surface area contributed by atoms with Gasteiger partial charge >= 0.3 is 26.2 Å². The minimum Gasteiger partial charge on any atom is -1.00 e. The van der Waals surface area contributed by atoms with Crippen molar-refractivity contribution in [2.24, 2.45) is 11.3 Å². The van der Waals surface area contributed by atoms with Crippen LogP contribution in [0.2, 0.25) is 0 Å². The third-order valence-corrected chi connectivity index (χ3v) is 5.26. The van der Waals surface area contributed by atoms with Gasteiger partial charge in [-0.05, 0) is 50.8 Å². The second kappa shape index (κ2) is 8.60. The summed E-state index contributed by atoms with van der Waals surface area (Å²) in [7, 11) is 0. The van der Waals surface area contributed by atoms with E-state index in [1.165, 1.54) is 39.0 Å². The van der Waals surface area contributed by atoms with Crippen molar-refractivity contribution < 1.29 is 51.0 Å². The molecule has 26 heavy (non-hydrogen) atoms. The van der Waals surface area contributed by atoms with Crippen molar-refractivity contribution in [3.05, 3.63) is 76.9 Å².